The monoisotopic (exact) mass is 371 g/mol. The summed E-state index contributed by atoms with van der Waals surface area (Å²) >= 11 is 0. The molecule has 1 aliphatic heterocycles. The summed E-state index contributed by atoms with van der Waals surface area (Å²) in [6.45, 7) is 16.3. The van der Waals surface area contributed by atoms with E-state index in [0.717, 1.165) is 36.8 Å². The lowest BCUT2D eigenvalue weighted by Gasteiger charge is -2.33. The lowest BCUT2D eigenvalue weighted by Crippen LogP contribution is -2.30. The fourth-order valence-corrected chi connectivity index (χ4v) is 4.17. The van der Waals surface area contributed by atoms with Crippen LogP contribution < -0.4 is 4.90 Å². The van der Waals surface area contributed by atoms with Gasteiger partial charge in [-0.1, -0.05) is 61.0 Å². The highest BCUT2D eigenvalue weighted by molar-refractivity contribution is 6.28. The molecule has 1 aliphatic rings. The number of benzene rings is 1. The molecular weight excluding hydrogens is 338 g/mol. The van der Waals surface area contributed by atoms with Crippen molar-refractivity contribution in [1.82, 2.24) is 0 Å². The Morgan fingerprint density at radius 2 is 1.44 bits per heavy atom. The first-order valence-electron chi connectivity index (χ1n) is 9.89. The van der Waals surface area contributed by atoms with Crippen LogP contribution in [0.25, 0.3) is 0 Å². The lowest BCUT2D eigenvalue weighted by atomic mass is 9.74. The molecule has 1 fully saturated rings. The highest BCUT2D eigenvalue weighted by atomic mass is 16.3. The van der Waals surface area contributed by atoms with Gasteiger partial charge in [0.25, 0.3) is 5.91 Å². The van der Waals surface area contributed by atoms with Crippen molar-refractivity contribution < 1.29 is 14.7 Å². The zero-order valence-corrected chi connectivity index (χ0v) is 17.6. The van der Waals surface area contributed by atoms with Gasteiger partial charge in [0, 0.05) is 16.7 Å². The summed E-state index contributed by atoms with van der Waals surface area (Å²) < 4.78 is 0. The predicted molar refractivity (Wildman–Crippen MR) is 110 cm³/mol. The molecule has 0 radical (unpaired) electrons. The number of imide groups is 1. The molecule has 0 spiro atoms. The van der Waals surface area contributed by atoms with Crippen LogP contribution in [0.3, 0.4) is 0 Å². The highest BCUT2D eigenvalue weighted by Crippen LogP contribution is 2.45. The molecule has 0 atom stereocenters. The number of anilines is 1. The minimum Gasteiger partial charge on any atom is -0.507 e. The summed E-state index contributed by atoms with van der Waals surface area (Å²) in [5.41, 5.74) is 1.90. The minimum absolute atomic E-state index is 0.0566. The van der Waals surface area contributed by atoms with Crippen molar-refractivity contribution in [3.8, 4) is 5.75 Å². The molecule has 1 saturated heterocycles. The fraction of sp³-hybridized carbons (Fsp3) is 0.565. The molecule has 0 aliphatic carbocycles. The van der Waals surface area contributed by atoms with Gasteiger partial charge in [-0.15, -0.1) is 0 Å². The molecule has 1 aromatic carbocycles. The Bertz CT molecular complexity index is 735. The topological polar surface area (TPSA) is 57.6 Å². The molecule has 1 heterocycles. The third-order valence-electron chi connectivity index (χ3n) is 5.68. The van der Waals surface area contributed by atoms with Crippen molar-refractivity contribution in [2.45, 2.75) is 84.5 Å². The molecule has 1 aromatic rings. The molecule has 4 heteroatoms. The summed E-state index contributed by atoms with van der Waals surface area (Å²) in [5, 5.41) is 11.2. The Balaban J connectivity index is 2.73. The summed E-state index contributed by atoms with van der Waals surface area (Å²) in [6.07, 6.45) is 3.80. The van der Waals surface area contributed by atoms with E-state index in [9.17, 15) is 14.7 Å². The number of hydrogen-bond donors (Lipinski definition) is 1. The standard InChI is InChI=1S/C23H33NO3/c1-8-10-22(4,5)17-13-16(24-19(25)12-15(3)21(24)27)14-18(20(17)26)23(6,7)11-9-2/h13-14,26H,3,8-12H2,1-2,4-7H3. The smallest absolute Gasteiger partial charge is 0.260 e. The highest BCUT2D eigenvalue weighted by Gasteiger charge is 2.37. The first-order chi connectivity index (χ1) is 12.5. The molecule has 4 nitrogen and oxygen atoms in total. The average Bonchev–Trinajstić information content (AvgIpc) is 2.80. The van der Waals surface area contributed by atoms with Crippen molar-refractivity contribution >= 4 is 17.5 Å². The van der Waals surface area contributed by atoms with E-state index in [1.54, 1.807) is 0 Å². The van der Waals surface area contributed by atoms with Crippen molar-refractivity contribution in [1.29, 1.82) is 0 Å². The van der Waals surface area contributed by atoms with E-state index in [2.05, 4.69) is 48.1 Å². The quantitative estimate of drug-likeness (QED) is 0.518. The second-order valence-electron chi connectivity index (χ2n) is 8.97. The number of nitrogens with zero attached hydrogens (tertiary/aromatic N) is 1. The van der Waals surface area contributed by atoms with Crippen molar-refractivity contribution in [2.75, 3.05) is 4.90 Å². The Hall–Kier alpha value is -2.10. The molecule has 2 rings (SSSR count). The number of rotatable bonds is 7. The molecular formula is C23H33NO3. The van der Waals surface area contributed by atoms with Gasteiger partial charge >= 0.3 is 0 Å². The van der Waals surface area contributed by atoms with Gasteiger partial charge in [0.15, 0.2) is 0 Å². The van der Waals surface area contributed by atoms with E-state index >= 15 is 0 Å². The maximum atomic E-state index is 12.5. The van der Waals surface area contributed by atoms with Crippen LogP contribution >= 0.6 is 0 Å². The Morgan fingerprint density at radius 3 is 1.78 bits per heavy atom. The lowest BCUT2D eigenvalue weighted by molar-refractivity contribution is -0.120. The van der Waals surface area contributed by atoms with Gasteiger partial charge in [-0.2, -0.15) is 0 Å². The molecule has 2 amide bonds. The number of phenols is 1. The number of amides is 2. The van der Waals surface area contributed by atoms with E-state index in [4.69, 9.17) is 0 Å². The van der Waals surface area contributed by atoms with E-state index < -0.39 is 0 Å². The number of aromatic hydroxyl groups is 1. The normalized spacial score (nSPS) is 15.8. The van der Waals surface area contributed by atoms with Crippen LogP contribution in [0.4, 0.5) is 5.69 Å². The predicted octanol–water partition coefficient (Wildman–Crippen LogP) is 5.37. The van der Waals surface area contributed by atoms with Crippen LogP contribution in [0.1, 0.15) is 84.8 Å². The molecule has 0 saturated carbocycles. The third kappa shape index (κ3) is 3.95. The second-order valence-corrected chi connectivity index (χ2v) is 8.97. The first kappa shape index (κ1) is 21.2. The zero-order valence-electron chi connectivity index (χ0n) is 17.6. The van der Waals surface area contributed by atoms with Gasteiger partial charge in [-0.05, 0) is 35.8 Å². The Labute approximate surface area is 163 Å². The Kier molecular flexibility index (Phi) is 5.88. The Morgan fingerprint density at radius 1 is 1.00 bits per heavy atom. The van der Waals surface area contributed by atoms with E-state index in [1.807, 2.05) is 12.1 Å². The van der Waals surface area contributed by atoms with Gasteiger partial charge in [0.1, 0.15) is 5.75 Å². The largest absolute Gasteiger partial charge is 0.507 e. The molecule has 27 heavy (non-hydrogen) atoms. The number of carbonyl (C=O) groups excluding carboxylic acids is 2. The molecule has 0 bridgehead atoms. The molecule has 1 N–H and O–H groups in total. The van der Waals surface area contributed by atoms with Crippen LogP contribution in [-0.4, -0.2) is 16.9 Å². The molecule has 148 valence electrons. The van der Waals surface area contributed by atoms with Crippen molar-refractivity contribution in [3.63, 3.8) is 0 Å². The van der Waals surface area contributed by atoms with Crippen molar-refractivity contribution in [3.05, 3.63) is 35.4 Å². The molecule has 0 aromatic heterocycles. The van der Waals surface area contributed by atoms with Crippen LogP contribution in [0.15, 0.2) is 24.3 Å². The fourth-order valence-electron chi connectivity index (χ4n) is 4.17. The maximum Gasteiger partial charge on any atom is 0.260 e. The average molecular weight is 372 g/mol. The van der Waals surface area contributed by atoms with Gasteiger partial charge < -0.3 is 5.11 Å². The van der Waals surface area contributed by atoms with E-state index in [1.165, 1.54) is 4.90 Å². The van der Waals surface area contributed by atoms with Gasteiger partial charge in [0.2, 0.25) is 5.91 Å². The summed E-state index contributed by atoms with van der Waals surface area (Å²) in [4.78, 5) is 26.2. The van der Waals surface area contributed by atoms with Crippen LogP contribution in [0, 0.1) is 0 Å². The van der Waals surface area contributed by atoms with Gasteiger partial charge in [0.05, 0.1) is 12.1 Å². The number of carbonyl (C=O) groups is 2. The van der Waals surface area contributed by atoms with Gasteiger partial charge in [-0.25, -0.2) is 4.90 Å². The first-order valence-corrected chi connectivity index (χ1v) is 9.89. The van der Waals surface area contributed by atoms with Crippen LogP contribution in [-0.2, 0) is 20.4 Å². The van der Waals surface area contributed by atoms with Crippen LogP contribution in [0.2, 0.25) is 0 Å². The van der Waals surface area contributed by atoms with E-state index in [0.29, 0.717) is 11.3 Å². The number of hydrogen-bond acceptors (Lipinski definition) is 3. The minimum atomic E-state index is -0.343. The maximum absolute atomic E-state index is 12.5. The number of phenolic OH excluding ortho intramolecular Hbond substituents is 1. The van der Waals surface area contributed by atoms with Gasteiger partial charge in [-0.3, -0.25) is 9.59 Å². The SMILES string of the molecule is C=C1CC(=O)N(c2cc(C(C)(C)CCC)c(O)c(C(C)(C)CCC)c2)C1=O. The summed E-state index contributed by atoms with van der Waals surface area (Å²) in [6, 6.07) is 3.62. The molecule has 0 unspecified atom stereocenters. The van der Waals surface area contributed by atoms with E-state index in [-0.39, 0.29) is 34.8 Å². The van der Waals surface area contributed by atoms with Crippen LogP contribution in [0.5, 0.6) is 5.75 Å². The zero-order chi connectivity index (χ0) is 20.6. The summed E-state index contributed by atoms with van der Waals surface area (Å²) in [7, 11) is 0. The second kappa shape index (κ2) is 7.49. The third-order valence-corrected chi connectivity index (χ3v) is 5.68. The van der Waals surface area contributed by atoms with Crippen molar-refractivity contribution in [2.24, 2.45) is 0 Å². The summed E-state index contributed by atoms with van der Waals surface area (Å²) in [5.74, 6) is -0.313.